The molecule has 3 aromatic rings. The zero-order valence-electron chi connectivity index (χ0n) is 16.7. The van der Waals surface area contributed by atoms with Gasteiger partial charge in [-0.1, -0.05) is 42.5 Å². The molecule has 6 heteroatoms. The normalized spacial score (nSPS) is 15.6. The van der Waals surface area contributed by atoms with Crippen LogP contribution in [-0.2, 0) is 11.3 Å². The lowest BCUT2D eigenvalue weighted by atomic mass is 10.0. The molecule has 0 unspecified atom stereocenters. The number of nitrogens with zero attached hydrogens (tertiary/aromatic N) is 2. The third kappa shape index (κ3) is 3.52. The summed E-state index contributed by atoms with van der Waals surface area (Å²) in [6.07, 6.45) is 0. The summed E-state index contributed by atoms with van der Waals surface area (Å²) >= 11 is 0. The Balaban J connectivity index is 1.65. The van der Waals surface area contributed by atoms with E-state index < -0.39 is 23.3 Å². The summed E-state index contributed by atoms with van der Waals surface area (Å²) in [6.45, 7) is 3.55. The second-order valence-electron chi connectivity index (χ2n) is 7.57. The van der Waals surface area contributed by atoms with Gasteiger partial charge < -0.3 is 9.64 Å². The van der Waals surface area contributed by atoms with Crippen molar-refractivity contribution >= 4 is 17.6 Å². The van der Waals surface area contributed by atoms with Crippen LogP contribution < -0.4 is 9.64 Å². The van der Waals surface area contributed by atoms with Crippen LogP contribution in [0.4, 0.5) is 14.9 Å². The third-order valence-electron chi connectivity index (χ3n) is 5.16. The number of ether oxygens (including phenoxy) is 1. The Morgan fingerprint density at radius 1 is 0.900 bits per heavy atom. The van der Waals surface area contributed by atoms with Crippen molar-refractivity contribution < 1.29 is 18.7 Å². The molecule has 1 aliphatic rings. The first-order chi connectivity index (χ1) is 14.4. The van der Waals surface area contributed by atoms with E-state index in [4.69, 9.17) is 4.74 Å². The number of hydrogen-bond donors (Lipinski definition) is 0. The molecule has 3 amide bonds. The average Bonchev–Trinajstić information content (AvgIpc) is 2.89. The fraction of sp³-hybridized carbons (Fsp3) is 0.167. The van der Waals surface area contributed by atoms with Crippen molar-refractivity contribution in [3.8, 4) is 11.5 Å². The maximum Gasteiger partial charge on any atom is 0.332 e. The van der Waals surface area contributed by atoms with Crippen LogP contribution in [0.2, 0.25) is 0 Å². The number of carbonyl (C=O) groups is 2. The molecule has 0 saturated carbocycles. The van der Waals surface area contributed by atoms with Crippen LogP contribution in [0.5, 0.6) is 11.5 Å². The number of amides is 3. The molecule has 5 nitrogen and oxygen atoms in total. The van der Waals surface area contributed by atoms with Gasteiger partial charge in [-0.3, -0.25) is 4.79 Å². The lowest BCUT2D eigenvalue weighted by Crippen LogP contribution is -2.43. The topological polar surface area (TPSA) is 49.9 Å². The first-order valence-electron chi connectivity index (χ1n) is 9.60. The molecule has 152 valence electrons. The second-order valence-corrected chi connectivity index (χ2v) is 7.57. The summed E-state index contributed by atoms with van der Waals surface area (Å²) < 4.78 is 19.7. The molecule has 1 fully saturated rings. The fourth-order valence-electron chi connectivity index (χ4n) is 3.46. The quantitative estimate of drug-likeness (QED) is 0.538. The Morgan fingerprint density at radius 2 is 1.60 bits per heavy atom. The molecule has 0 aromatic heterocycles. The summed E-state index contributed by atoms with van der Waals surface area (Å²) in [6, 6.07) is 21.7. The molecule has 0 radical (unpaired) electrons. The van der Waals surface area contributed by atoms with E-state index in [9.17, 15) is 14.0 Å². The van der Waals surface area contributed by atoms with E-state index in [1.807, 2.05) is 54.6 Å². The van der Waals surface area contributed by atoms with Gasteiger partial charge in [-0.15, -0.1) is 0 Å². The molecule has 4 rings (SSSR count). The predicted octanol–water partition coefficient (Wildman–Crippen LogP) is 5.37. The smallest absolute Gasteiger partial charge is 0.332 e. The number of rotatable bonds is 5. The number of para-hydroxylation sites is 2. The number of carbonyl (C=O) groups excluding carboxylic acids is 2. The van der Waals surface area contributed by atoms with E-state index in [2.05, 4.69) is 0 Å². The summed E-state index contributed by atoms with van der Waals surface area (Å²) in [5, 5.41) is 0. The van der Waals surface area contributed by atoms with E-state index in [0.29, 0.717) is 11.5 Å². The number of benzene rings is 3. The molecule has 1 heterocycles. The highest BCUT2D eigenvalue weighted by atomic mass is 19.1. The van der Waals surface area contributed by atoms with Gasteiger partial charge in [0.1, 0.15) is 22.9 Å². The number of halogens is 1. The SMILES string of the molecule is CC1(C)C(=O)N(c2cccc(F)c2)C(=O)N1Cc1ccccc1Oc1ccccc1. The largest absolute Gasteiger partial charge is 0.457 e. The van der Waals surface area contributed by atoms with Crippen molar-refractivity contribution in [3.05, 3.63) is 90.2 Å². The van der Waals surface area contributed by atoms with E-state index in [1.54, 1.807) is 19.9 Å². The van der Waals surface area contributed by atoms with Crippen molar-refractivity contribution in [2.45, 2.75) is 25.9 Å². The van der Waals surface area contributed by atoms with Crippen LogP contribution in [0.1, 0.15) is 19.4 Å². The summed E-state index contributed by atoms with van der Waals surface area (Å²) in [5.74, 6) is 0.365. The van der Waals surface area contributed by atoms with Gasteiger partial charge >= 0.3 is 6.03 Å². The van der Waals surface area contributed by atoms with Gasteiger partial charge in [-0.2, -0.15) is 0 Å². The van der Waals surface area contributed by atoms with Gasteiger partial charge in [0.25, 0.3) is 5.91 Å². The maximum atomic E-state index is 13.7. The lowest BCUT2D eigenvalue weighted by molar-refractivity contribution is -0.123. The Morgan fingerprint density at radius 3 is 2.33 bits per heavy atom. The van der Waals surface area contributed by atoms with E-state index >= 15 is 0 Å². The van der Waals surface area contributed by atoms with Gasteiger partial charge in [0.2, 0.25) is 0 Å². The van der Waals surface area contributed by atoms with Crippen LogP contribution in [0.25, 0.3) is 0 Å². The molecule has 0 bridgehead atoms. The van der Waals surface area contributed by atoms with Crippen molar-refractivity contribution in [1.82, 2.24) is 4.90 Å². The molecule has 1 aliphatic heterocycles. The minimum absolute atomic E-state index is 0.173. The Bertz CT molecular complexity index is 1100. The Kier molecular flexibility index (Phi) is 4.99. The van der Waals surface area contributed by atoms with E-state index in [1.165, 1.54) is 23.1 Å². The molecular weight excluding hydrogens is 383 g/mol. The Hall–Kier alpha value is -3.67. The van der Waals surface area contributed by atoms with Crippen LogP contribution in [0.3, 0.4) is 0 Å². The molecule has 30 heavy (non-hydrogen) atoms. The average molecular weight is 404 g/mol. The van der Waals surface area contributed by atoms with Gasteiger partial charge in [0.15, 0.2) is 0 Å². The maximum absolute atomic E-state index is 13.7. The molecule has 1 saturated heterocycles. The number of hydrogen-bond acceptors (Lipinski definition) is 3. The Labute approximate surface area is 174 Å². The second kappa shape index (κ2) is 7.63. The molecule has 0 spiro atoms. The first kappa shape index (κ1) is 19.6. The standard InChI is InChI=1S/C24H21FN2O3/c1-24(2)22(28)27(19-11-8-10-18(25)15-19)23(29)26(24)16-17-9-6-7-14-21(17)30-20-12-4-3-5-13-20/h3-15H,16H2,1-2H3. The predicted molar refractivity (Wildman–Crippen MR) is 112 cm³/mol. The van der Waals surface area contributed by atoms with Crippen LogP contribution >= 0.6 is 0 Å². The molecule has 0 aliphatic carbocycles. The zero-order valence-corrected chi connectivity index (χ0v) is 16.7. The number of imide groups is 1. The van der Waals surface area contributed by atoms with Crippen molar-refractivity contribution in [1.29, 1.82) is 0 Å². The summed E-state index contributed by atoms with van der Waals surface area (Å²) in [4.78, 5) is 28.7. The number of urea groups is 1. The van der Waals surface area contributed by atoms with Crippen LogP contribution in [0.15, 0.2) is 78.9 Å². The molecule has 0 N–H and O–H groups in total. The highest BCUT2D eigenvalue weighted by Crippen LogP contribution is 2.35. The van der Waals surface area contributed by atoms with E-state index in [-0.39, 0.29) is 12.2 Å². The van der Waals surface area contributed by atoms with Gasteiger partial charge in [-0.25, -0.2) is 14.1 Å². The molecule has 3 aromatic carbocycles. The number of anilines is 1. The van der Waals surface area contributed by atoms with Crippen molar-refractivity contribution in [2.75, 3.05) is 4.90 Å². The first-order valence-corrected chi connectivity index (χ1v) is 9.60. The highest BCUT2D eigenvalue weighted by molar-refractivity contribution is 6.22. The minimum Gasteiger partial charge on any atom is -0.457 e. The van der Waals surface area contributed by atoms with E-state index in [0.717, 1.165) is 10.5 Å². The monoisotopic (exact) mass is 404 g/mol. The summed E-state index contributed by atoms with van der Waals surface area (Å²) in [5.41, 5.74) is -0.116. The van der Waals surface area contributed by atoms with Crippen molar-refractivity contribution in [2.24, 2.45) is 0 Å². The van der Waals surface area contributed by atoms with Gasteiger partial charge in [0.05, 0.1) is 12.2 Å². The fourth-order valence-corrected chi connectivity index (χ4v) is 3.46. The third-order valence-corrected chi connectivity index (χ3v) is 5.16. The summed E-state index contributed by atoms with van der Waals surface area (Å²) in [7, 11) is 0. The highest BCUT2D eigenvalue weighted by Gasteiger charge is 2.51. The van der Waals surface area contributed by atoms with Gasteiger partial charge in [-0.05, 0) is 50.2 Å². The van der Waals surface area contributed by atoms with Crippen molar-refractivity contribution in [3.63, 3.8) is 0 Å². The lowest BCUT2D eigenvalue weighted by Gasteiger charge is -2.28. The zero-order chi connectivity index (χ0) is 21.3. The minimum atomic E-state index is -1.09. The van der Waals surface area contributed by atoms with Crippen LogP contribution in [-0.4, -0.2) is 22.4 Å². The molecular formula is C24H21FN2O3. The van der Waals surface area contributed by atoms with Crippen LogP contribution in [0, 0.1) is 5.82 Å². The van der Waals surface area contributed by atoms with Gasteiger partial charge in [0, 0.05) is 5.56 Å². The molecule has 0 atom stereocenters.